The first-order valence-corrected chi connectivity index (χ1v) is 8.88. The average Bonchev–Trinajstić information content (AvgIpc) is 2.92. The van der Waals surface area contributed by atoms with Crippen molar-refractivity contribution in [3.63, 3.8) is 0 Å². The Morgan fingerprint density at radius 1 is 1.40 bits per heavy atom. The molecule has 1 unspecified atom stereocenters. The number of hydrogen-bond donors (Lipinski definition) is 0. The normalized spacial score (nSPS) is 17.8. The van der Waals surface area contributed by atoms with Crippen LogP contribution in [-0.2, 0) is 18.4 Å². The van der Waals surface area contributed by atoms with Gasteiger partial charge in [-0.15, -0.1) is 0 Å². The zero-order chi connectivity index (χ0) is 18.1. The van der Waals surface area contributed by atoms with E-state index in [2.05, 4.69) is 4.98 Å². The molecule has 1 atom stereocenters. The van der Waals surface area contributed by atoms with Crippen LogP contribution in [-0.4, -0.2) is 38.0 Å². The predicted octanol–water partition coefficient (Wildman–Crippen LogP) is 2.47. The minimum absolute atomic E-state index is 0.0164. The van der Waals surface area contributed by atoms with E-state index in [-0.39, 0.29) is 11.5 Å². The van der Waals surface area contributed by atoms with Crippen molar-refractivity contribution in [1.82, 2.24) is 19.0 Å². The molecule has 1 amide bonds. The van der Waals surface area contributed by atoms with Gasteiger partial charge in [-0.25, -0.2) is 4.98 Å². The van der Waals surface area contributed by atoms with E-state index in [9.17, 15) is 9.59 Å². The zero-order valence-electron chi connectivity index (χ0n) is 14.8. The third-order valence-corrected chi connectivity index (χ3v) is 4.97. The number of halogens is 1. The van der Waals surface area contributed by atoms with Gasteiger partial charge in [-0.1, -0.05) is 11.6 Å². The van der Waals surface area contributed by atoms with E-state index in [1.807, 2.05) is 21.7 Å². The second kappa shape index (κ2) is 7.04. The summed E-state index contributed by atoms with van der Waals surface area (Å²) in [7, 11) is 1.74. The van der Waals surface area contributed by atoms with E-state index in [0.717, 1.165) is 43.9 Å². The van der Waals surface area contributed by atoms with Crippen LogP contribution in [0.1, 0.15) is 25.3 Å². The van der Waals surface area contributed by atoms with Crippen LogP contribution in [0.4, 0.5) is 0 Å². The molecule has 1 fully saturated rings. The van der Waals surface area contributed by atoms with Gasteiger partial charge in [0, 0.05) is 57.1 Å². The van der Waals surface area contributed by atoms with E-state index in [1.165, 1.54) is 0 Å². The summed E-state index contributed by atoms with van der Waals surface area (Å²) < 4.78 is 3.60. The Morgan fingerprint density at radius 2 is 2.16 bits per heavy atom. The Labute approximate surface area is 152 Å². The summed E-state index contributed by atoms with van der Waals surface area (Å²) in [6, 6.07) is 1.85. The maximum Gasteiger partial charge on any atom is 0.253 e. The van der Waals surface area contributed by atoms with Crippen LogP contribution >= 0.6 is 11.6 Å². The highest BCUT2D eigenvalue weighted by molar-refractivity contribution is 6.29. The van der Waals surface area contributed by atoms with Gasteiger partial charge in [-0.2, -0.15) is 0 Å². The quantitative estimate of drug-likeness (QED) is 0.842. The van der Waals surface area contributed by atoms with Crippen molar-refractivity contribution in [3.05, 3.63) is 39.5 Å². The number of piperidine rings is 1. The number of aryl methyl sites for hydroxylation is 2. The van der Waals surface area contributed by atoms with Gasteiger partial charge < -0.3 is 14.0 Å². The maximum atomic E-state index is 11.9. The van der Waals surface area contributed by atoms with Crippen molar-refractivity contribution in [2.24, 2.45) is 13.0 Å². The molecule has 2 aromatic rings. The van der Waals surface area contributed by atoms with Crippen LogP contribution in [0.15, 0.2) is 23.3 Å². The summed E-state index contributed by atoms with van der Waals surface area (Å²) in [5.41, 5.74) is 1.52. The SMILES string of the molecule is CC(=O)N1CCCC(Cn2cc(Cl)nc2-c2cc(C)c(=O)n(C)c2)C1. The molecule has 0 radical (unpaired) electrons. The van der Waals surface area contributed by atoms with E-state index < -0.39 is 0 Å². The number of amides is 1. The molecular weight excluding hydrogens is 340 g/mol. The minimum atomic E-state index is -0.0164. The second-order valence-corrected chi connectivity index (χ2v) is 7.23. The van der Waals surface area contributed by atoms with Crippen LogP contribution < -0.4 is 5.56 Å². The fraction of sp³-hybridized carbons (Fsp3) is 0.500. The first-order chi connectivity index (χ1) is 11.8. The van der Waals surface area contributed by atoms with Gasteiger partial charge in [0.1, 0.15) is 11.0 Å². The average molecular weight is 363 g/mol. The number of imidazole rings is 1. The van der Waals surface area contributed by atoms with Crippen molar-refractivity contribution in [3.8, 4) is 11.4 Å². The van der Waals surface area contributed by atoms with Crippen LogP contribution in [0, 0.1) is 12.8 Å². The zero-order valence-corrected chi connectivity index (χ0v) is 15.6. The van der Waals surface area contributed by atoms with Crippen LogP contribution in [0.3, 0.4) is 0 Å². The lowest BCUT2D eigenvalue weighted by molar-refractivity contribution is -0.130. The first-order valence-electron chi connectivity index (χ1n) is 8.51. The number of carbonyl (C=O) groups is 1. The number of pyridine rings is 1. The molecule has 2 aromatic heterocycles. The number of nitrogens with zero attached hydrogens (tertiary/aromatic N) is 4. The van der Waals surface area contributed by atoms with E-state index in [0.29, 0.717) is 16.6 Å². The fourth-order valence-corrected chi connectivity index (χ4v) is 3.73. The highest BCUT2D eigenvalue weighted by Gasteiger charge is 2.23. The number of hydrogen-bond acceptors (Lipinski definition) is 3. The summed E-state index contributed by atoms with van der Waals surface area (Å²) in [4.78, 5) is 29.9. The number of rotatable bonds is 3. The fourth-order valence-electron chi connectivity index (χ4n) is 3.53. The Hall–Kier alpha value is -2.08. The van der Waals surface area contributed by atoms with Gasteiger partial charge in [0.15, 0.2) is 0 Å². The molecule has 6 nitrogen and oxygen atoms in total. The van der Waals surface area contributed by atoms with Crippen molar-refractivity contribution < 1.29 is 4.79 Å². The van der Waals surface area contributed by atoms with Gasteiger partial charge in [-0.05, 0) is 31.7 Å². The van der Waals surface area contributed by atoms with Crippen molar-refractivity contribution in [2.75, 3.05) is 13.1 Å². The molecule has 1 aliphatic rings. The van der Waals surface area contributed by atoms with Crippen LogP contribution in [0.25, 0.3) is 11.4 Å². The largest absolute Gasteiger partial charge is 0.343 e. The summed E-state index contributed by atoms with van der Waals surface area (Å²) in [6.07, 6.45) is 5.70. The van der Waals surface area contributed by atoms with Crippen molar-refractivity contribution in [2.45, 2.75) is 33.2 Å². The van der Waals surface area contributed by atoms with Gasteiger partial charge in [0.25, 0.3) is 5.56 Å². The van der Waals surface area contributed by atoms with Gasteiger partial charge in [0.2, 0.25) is 5.91 Å². The number of likely N-dealkylation sites (tertiary alicyclic amines) is 1. The van der Waals surface area contributed by atoms with E-state index in [1.54, 1.807) is 31.7 Å². The van der Waals surface area contributed by atoms with E-state index >= 15 is 0 Å². The van der Waals surface area contributed by atoms with Gasteiger partial charge >= 0.3 is 0 Å². The molecule has 3 rings (SSSR count). The van der Waals surface area contributed by atoms with Gasteiger partial charge in [0.05, 0.1) is 0 Å². The molecule has 0 N–H and O–H groups in total. The lowest BCUT2D eigenvalue weighted by atomic mass is 9.97. The second-order valence-electron chi connectivity index (χ2n) is 6.84. The monoisotopic (exact) mass is 362 g/mol. The summed E-state index contributed by atoms with van der Waals surface area (Å²) in [6.45, 7) is 5.77. The van der Waals surface area contributed by atoms with Crippen LogP contribution in [0.2, 0.25) is 5.15 Å². The Balaban J connectivity index is 1.89. The molecule has 3 heterocycles. The lowest BCUT2D eigenvalue weighted by Gasteiger charge is -2.32. The molecular formula is C18H23ClN4O2. The highest BCUT2D eigenvalue weighted by atomic mass is 35.5. The van der Waals surface area contributed by atoms with Crippen LogP contribution in [0.5, 0.6) is 0 Å². The molecule has 0 saturated carbocycles. The number of aromatic nitrogens is 3. The number of carbonyl (C=O) groups excluding carboxylic acids is 1. The molecule has 1 saturated heterocycles. The summed E-state index contributed by atoms with van der Waals surface area (Å²) in [5.74, 6) is 1.25. The van der Waals surface area contributed by atoms with Crippen molar-refractivity contribution >= 4 is 17.5 Å². The topological polar surface area (TPSA) is 60.1 Å². The highest BCUT2D eigenvalue weighted by Crippen LogP contribution is 2.25. The third kappa shape index (κ3) is 3.79. The molecule has 7 heteroatoms. The van der Waals surface area contributed by atoms with Gasteiger partial charge in [-0.3, -0.25) is 9.59 Å². The summed E-state index contributed by atoms with van der Waals surface area (Å²) in [5, 5.41) is 0.431. The molecule has 1 aliphatic heterocycles. The molecule has 0 aromatic carbocycles. The Morgan fingerprint density at radius 3 is 2.84 bits per heavy atom. The standard InChI is InChI=1S/C18H23ClN4O2/c1-12-7-15(10-21(3)18(12)25)17-20-16(19)11-23(17)9-14-5-4-6-22(8-14)13(2)24/h7,10-11,14H,4-6,8-9H2,1-3H3. The smallest absolute Gasteiger partial charge is 0.253 e. The summed E-state index contributed by atoms with van der Waals surface area (Å²) >= 11 is 6.16. The predicted molar refractivity (Wildman–Crippen MR) is 97.6 cm³/mol. The minimum Gasteiger partial charge on any atom is -0.343 e. The Kier molecular flexibility index (Phi) is 4.99. The first kappa shape index (κ1) is 17.7. The molecule has 0 aliphatic carbocycles. The molecule has 0 bridgehead atoms. The molecule has 0 spiro atoms. The molecule has 134 valence electrons. The lowest BCUT2D eigenvalue weighted by Crippen LogP contribution is -2.39. The van der Waals surface area contributed by atoms with E-state index in [4.69, 9.17) is 11.6 Å². The molecule has 25 heavy (non-hydrogen) atoms. The Bertz CT molecular complexity index is 829. The maximum absolute atomic E-state index is 11.9. The van der Waals surface area contributed by atoms with Crippen molar-refractivity contribution in [1.29, 1.82) is 0 Å². The third-order valence-electron chi connectivity index (χ3n) is 4.79.